The van der Waals surface area contributed by atoms with Crippen molar-refractivity contribution in [1.82, 2.24) is 0 Å². The Morgan fingerprint density at radius 2 is 1.84 bits per heavy atom. The lowest BCUT2D eigenvalue weighted by molar-refractivity contribution is -0.187. The number of carbonyl (C=O) groups excluding carboxylic acids is 3. The van der Waals surface area contributed by atoms with Crippen molar-refractivity contribution in [2.45, 2.75) is 98.0 Å². The molecule has 4 aliphatic rings. The highest BCUT2D eigenvalue weighted by atomic mass is 16.6. The van der Waals surface area contributed by atoms with E-state index < -0.39 is 5.60 Å². The second-order valence-electron chi connectivity index (χ2n) is 11.0. The van der Waals surface area contributed by atoms with E-state index in [2.05, 4.69) is 33.8 Å². The number of rotatable bonds is 5. The number of Topliss-reactive ketones (excluding diaryl/α,β-unsaturated/α-hetero) is 1. The van der Waals surface area contributed by atoms with Crippen molar-refractivity contribution in [3.63, 3.8) is 0 Å². The molecule has 0 heterocycles. The van der Waals surface area contributed by atoms with Gasteiger partial charge in [-0.05, 0) is 87.2 Å². The number of hydrogen-bond donors (Lipinski definition) is 0. The third-order valence-corrected chi connectivity index (χ3v) is 9.54. The Morgan fingerprint density at radius 3 is 2.52 bits per heavy atom. The minimum Gasteiger partial charge on any atom is -0.450 e. The van der Waals surface area contributed by atoms with Gasteiger partial charge >= 0.3 is 5.97 Å². The first kappa shape index (κ1) is 22.5. The summed E-state index contributed by atoms with van der Waals surface area (Å²) >= 11 is 0. The number of ether oxygens (including phenoxy) is 1. The van der Waals surface area contributed by atoms with E-state index in [-0.39, 0.29) is 28.4 Å². The number of ketones is 2. The maximum Gasteiger partial charge on any atom is 0.306 e. The van der Waals surface area contributed by atoms with Gasteiger partial charge in [-0.3, -0.25) is 14.4 Å². The van der Waals surface area contributed by atoms with Crippen molar-refractivity contribution in [3.8, 4) is 0 Å². The lowest BCUT2D eigenvalue weighted by Gasteiger charge is -2.58. The topological polar surface area (TPSA) is 60.4 Å². The van der Waals surface area contributed by atoms with Gasteiger partial charge < -0.3 is 4.74 Å². The Hall–Kier alpha value is -1.71. The van der Waals surface area contributed by atoms with Crippen LogP contribution in [-0.2, 0) is 19.1 Å². The number of allylic oxidation sites excluding steroid dienone is 4. The monoisotopic (exact) mass is 426 g/mol. The molecule has 2 fully saturated rings. The van der Waals surface area contributed by atoms with E-state index in [1.54, 1.807) is 6.92 Å². The number of unbranched alkanes of at least 4 members (excludes halogenated alkanes) is 1. The highest BCUT2D eigenvalue weighted by molar-refractivity contribution is 5.92. The first-order valence-electron chi connectivity index (χ1n) is 12.3. The van der Waals surface area contributed by atoms with Crippen LogP contribution >= 0.6 is 0 Å². The van der Waals surface area contributed by atoms with Gasteiger partial charge in [0, 0.05) is 18.3 Å². The molecule has 4 heteroatoms. The van der Waals surface area contributed by atoms with Crippen LogP contribution in [-0.4, -0.2) is 23.1 Å². The Kier molecular flexibility index (Phi) is 5.59. The van der Waals surface area contributed by atoms with E-state index in [4.69, 9.17) is 4.74 Å². The van der Waals surface area contributed by atoms with E-state index in [9.17, 15) is 14.4 Å². The van der Waals surface area contributed by atoms with Gasteiger partial charge in [0.15, 0.2) is 17.2 Å². The SMILES string of the molecule is CCCCC(=O)O[C@]1(C(C)=O)CC[C@H]2[C@@H]3C=C(C)C4=CC(=O)CC[C@]4(C)[C@H]3CC[C@@]21C. The molecule has 4 nitrogen and oxygen atoms in total. The predicted molar refractivity (Wildman–Crippen MR) is 120 cm³/mol. The maximum absolute atomic E-state index is 13.0. The molecule has 4 rings (SSSR count). The summed E-state index contributed by atoms with van der Waals surface area (Å²) in [6.45, 7) is 10.4. The lowest BCUT2D eigenvalue weighted by atomic mass is 9.47. The fourth-order valence-electron chi connectivity index (χ4n) is 7.80. The number of esters is 1. The third kappa shape index (κ3) is 3.19. The van der Waals surface area contributed by atoms with E-state index in [1.165, 1.54) is 11.1 Å². The molecule has 0 N–H and O–H groups in total. The lowest BCUT2D eigenvalue weighted by Crippen LogP contribution is -2.58. The highest BCUT2D eigenvalue weighted by Crippen LogP contribution is 2.67. The van der Waals surface area contributed by atoms with Gasteiger partial charge in [-0.25, -0.2) is 0 Å². The van der Waals surface area contributed by atoms with Crippen LogP contribution in [0.15, 0.2) is 23.3 Å². The molecule has 0 aromatic rings. The van der Waals surface area contributed by atoms with Gasteiger partial charge in [-0.2, -0.15) is 0 Å². The molecule has 2 saturated carbocycles. The van der Waals surface area contributed by atoms with Crippen molar-refractivity contribution in [2.75, 3.05) is 0 Å². The first-order valence-corrected chi connectivity index (χ1v) is 12.3. The van der Waals surface area contributed by atoms with Crippen molar-refractivity contribution in [3.05, 3.63) is 23.3 Å². The summed E-state index contributed by atoms with van der Waals surface area (Å²) in [7, 11) is 0. The van der Waals surface area contributed by atoms with E-state index in [1.807, 2.05) is 6.08 Å². The van der Waals surface area contributed by atoms with Crippen LogP contribution in [0.5, 0.6) is 0 Å². The molecule has 6 atom stereocenters. The summed E-state index contributed by atoms with van der Waals surface area (Å²) in [6, 6.07) is 0. The predicted octanol–water partition coefficient (Wildman–Crippen LogP) is 5.75. The number of fused-ring (bicyclic) bond motifs is 5. The molecule has 0 amide bonds. The van der Waals surface area contributed by atoms with Crippen LogP contribution in [0.2, 0.25) is 0 Å². The van der Waals surface area contributed by atoms with Gasteiger partial charge in [0.05, 0.1) is 0 Å². The molecule has 4 aliphatic carbocycles. The largest absolute Gasteiger partial charge is 0.450 e. The molecular formula is C27H38O4. The molecule has 31 heavy (non-hydrogen) atoms. The third-order valence-electron chi connectivity index (χ3n) is 9.54. The summed E-state index contributed by atoms with van der Waals surface area (Å²) in [6.07, 6.45) is 11.4. The molecular weight excluding hydrogens is 388 g/mol. The minimum absolute atomic E-state index is 0.00682. The van der Waals surface area contributed by atoms with Crippen LogP contribution < -0.4 is 0 Å². The second kappa shape index (κ2) is 7.71. The summed E-state index contributed by atoms with van der Waals surface area (Å²) in [4.78, 5) is 37.9. The minimum atomic E-state index is -0.991. The summed E-state index contributed by atoms with van der Waals surface area (Å²) in [5.74, 6) is 1.19. The van der Waals surface area contributed by atoms with Crippen molar-refractivity contribution < 1.29 is 19.1 Å². The zero-order valence-electron chi connectivity index (χ0n) is 19.9. The zero-order chi connectivity index (χ0) is 22.6. The Labute approximate surface area is 186 Å². The second-order valence-corrected chi connectivity index (χ2v) is 11.0. The number of hydrogen-bond acceptors (Lipinski definition) is 4. The van der Waals surface area contributed by atoms with Crippen LogP contribution in [0.3, 0.4) is 0 Å². The number of carbonyl (C=O) groups is 3. The molecule has 0 unspecified atom stereocenters. The summed E-state index contributed by atoms with van der Waals surface area (Å²) in [5, 5.41) is 0. The smallest absolute Gasteiger partial charge is 0.306 e. The van der Waals surface area contributed by atoms with Crippen molar-refractivity contribution in [2.24, 2.45) is 28.6 Å². The van der Waals surface area contributed by atoms with Gasteiger partial charge in [-0.15, -0.1) is 0 Å². The summed E-state index contributed by atoms with van der Waals surface area (Å²) < 4.78 is 6.12. The van der Waals surface area contributed by atoms with Crippen LogP contribution in [0.25, 0.3) is 0 Å². The molecule has 0 aliphatic heterocycles. The highest BCUT2D eigenvalue weighted by Gasteiger charge is 2.67. The first-order chi connectivity index (χ1) is 14.6. The van der Waals surface area contributed by atoms with Crippen LogP contribution in [0, 0.1) is 28.6 Å². The molecule has 0 aromatic carbocycles. The van der Waals surface area contributed by atoms with Gasteiger partial charge in [0.25, 0.3) is 0 Å². The fourth-order valence-corrected chi connectivity index (χ4v) is 7.80. The average Bonchev–Trinajstić information content (AvgIpc) is 3.01. The molecule has 0 bridgehead atoms. The maximum atomic E-state index is 13.0. The zero-order valence-corrected chi connectivity index (χ0v) is 19.9. The van der Waals surface area contributed by atoms with Crippen molar-refractivity contribution in [1.29, 1.82) is 0 Å². The molecule has 0 spiro atoms. The quantitative estimate of drug-likeness (QED) is 0.526. The molecule has 0 radical (unpaired) electrons. The van der Waals surface area contributed by atoms with E-state index in [0.717, 1.165) is 38.5 Å². The molecule has 0 saturated heterocycles. The molecule has 170 valence electrons. The van der Waals surface area contributed by atoms with Crippen LogP contribution in [0.1, 0.15) is 92.4 Å². The van der Waals surface area contributed by atoms with Gasteiger partial charge in [0.1, 0.15) is 0 Å². The van der Waals surface area contributed by atoms with E-state index >= 15 is 0 Å². The van der Waals surface area contributed by atoms with Crippen molar-refractivity contribution >= 4 is 17.5 Å². The Morgan fingerprint density at radius 1 is 1.13 bits per heavy atom. The van der Waals surface area contributed by atoms with Gasteiger partial charge in [-0.1, -0.05) is 38.8 Å². The molecule has 0 aromatic heterocycles. The van der Waals surface area contributed by atoms with Crippen LogP contribution in [0.4, 0.5) is 0 Å². The van der Waals surface area contributed by atoms with Gasteiger partial charge in [0.2, 0.25) is 0 Å². The average molecular weight is 427 g/mol. The fraction of sp³-hybridized carbons (Fsp3) is 0.741. The van der Waals surface area contributed by atoms with E-state index in [0.29, 0.717) is 37.0 Å². The summed E-state index contributed by atoms with van der Waals surface area (Å²) in [5.41, 5.74) is 1.16. The Balaban J connectivity index is 1.71. The normalized spacial score (nSPS) is 41.5. The Bertz CT molecular complexity index is 866. The standard InChI is InChI=1S/C27H38O4/c1-6-7-8-24(30)31-27(18(3)28)14-11-22-20-15-17(2)23-16-19(29)9-12-25(23,4)21(20)10-13-26(22,27)5/h15-16,20-22H,6-14H2,1-5H3/t20-,21+,22+,25-,26+,27+/m1/s1.